The van der Waals surface area contributed by atoms with Gasteiger partial charge in [-0.1, -0.05) is 33.8 Å². The van der Waals surface area contributed by atoms with Crippen LogP contribution in [-0.4, -0.2) is 52.4 Å². The molecule has 0 amide bonds. The fraction of sp³-hybridized carbons (Fsp3) is 0.577. The zero-order chi connectivity index (χ0) is 25.9. The number of aryl methyl sites for hydroxylation is 1. The number of ether oxygens (including phenoxy) is 2. The van der Waals surface area contributed by atoms with Crippen molar-refractivity contribution >= 4 is 22.9 Å². The van der Waals surface area contributed by atoms with Crippen LogP contribution in [0.3, 0.4) is 0 Å². The van der Waals surface area contributed by atoms with Crippen LogP contribution >= 0.6 is 0 Å². The van der Waals surface area contributed by atoms with Gasteiger partial charge < -0.3 is 24.1 Å². The third kappa shape index (κ3) is 6.34. The first kappa shape index (κ1) is 27.0. The van der Waals surface area contributed by atoms with Gasteiger partial charge in [0.2, 0.25) is 0 Å². The minimum Gasteiger partial charge on any atom is -0.457 e. The van der Waals surface area contributed by atoms with Gasteiger partial charge in [-0.05, 0) is 23.8 Å². The summed E-state index contributed by atoms with van der Waals surface area (Å²) in [6, 6.07) is 5.12. The van der Waals surface area contributed by atoms with Gasteiger partial charge in [0.15, 0.2) is 11.5 Å². The molecule has 1 aliphatic rings. The lowest BCUT2D eigenvalue weighted by Crippen LogP contribution is -2.46. The van der Waals surface area contributed by atoms with Crippen molar-refractivity contribution < 1.29 is 38.1 Å². The average Bonchev–Trinajstić information content (AvgIpc) is 3.18. The van der Waals surface area contributed by atoms with Gasteiger partial charge in [-0.3, -0.25) is 9.59 Å². The molecule has 0 saturated carbocycles. The van der Waals surface area contributed by atoms with Crippen molar-refractivity contribution in [3.05, 3.63) is 41.6 Å². The second-order valence-corrected chi connectivity index (χ2v) is 9.90. The number of rotatable bonds is 1. The maximum absolute atomic E-state index is 14.5. The van der Waals surface area contributed by atoms with Gasteiger partial charge in [0.05, 0.1) is 37.3 Å². The molecule has 2 heterocycles. The Morgan fingerprint density at radius 2 is 1.89 bits per heavy atom. The molecule has 0 radical (unpaired) electrons. The first-order valence-electron chi connectivity index (χ1n) is 11.8. The van der Waals surface area contributed by atoms with E-state index in [2.05, 4.69) is 4.98 Å². The van der Waals surface area contributed by atoms with Crippen LogP contribution in [0, 0.1) is 24.2 Å². The summed E-state index contributed by atoms with van der Waals surface area (Å²) in [5.74, 6) is -2.47. The number of aromatic nitrogens is 1. The van der Waals surface area contributed by atoms with Crippen LogP contribution in [0.1, 0.15) is 58.1 Å². The third-order valence-corrected chi connectivity index (χ3v) is 6.68. The van der Waals surface area contributed by atoms with Gasteiger partial charge in [0, 0.05) is 25.2 Å². The average molecular weight is 492 g/mol. The van der Waals surface area contributed by atoms with Crippen LogP contribution in [0.5, 0.6) is 0 Å². The minimum absolute atomic E-state index is 0.0247. The van der Waals surface area contributed by atoms with Crippen molar-refractivity contribution in [2.45, 2.75) is 65.8 Å². The van der Waals surface area contributed by atoms with Crippen LogP contribution in [0.4, 0.5) is 4.39 Å². The Morgan fingerprint density at radius 1 is 1.17 bits per heavy atom. The van der Waals surface area contributed by atoms with Crippen LogP contribution in [0.25, 0.3) is 11.1 Å². The quantitative estimate of drug-likeness (QED) is 0.575. The van der Waals surface area contributed by atoms with E-state index in [0.717, 1.165) is 0 Å². The molecular formula is C26H34FNO7. The molecular weight excluding hydrogens is 457 g/mol. The number of aliphatic hydroxyl groups excluding tert-OH is 2. The molecule has 2 N–H and O–H groups in total. The first-order valence-corrected chi connectivity index (χ1v) is 11.8. The summed E-state index contributed by atoms with van der Waals surface area (Å²) in [6.45, 7) is 7.80. The number of cyclic esters (lactones) is 1. The predicted molar refractivity (Wildman–Crippen MR) is 126 cm³/mol. The number of Topliss-reactive ketones (excluding diaryl/α,β-unsaturated/α-hetero) is 1. The number of hydrogen-bond donors (Lipinski definition) is 2. The van der Waals surface area contributed by atoms with Crippen molar-refractivity contribution in [1.29, 1.82) is 0 Å². The Balaban J connectivity index is 1.91. The molecule has 0 spiro atoms. The molecule has 0 aliphatic carbocycles. The lowest BCUT2D eigenvalue weighted by Gasteiger charge is -2.34. The van der Waals surface area contributed by atoms with Crippen LogP contribution < -0.4 is 0 Å². The molecule has 0 saturated heterocycles. The Hall–Kier alpha value is -2.62. The van der Waals surface area contributed by atoms with Gasteiger partial charge in [-0.15, -0.1) is 0 Å². The minimum atomic E-state index is -1.34. The lowest BCUT2D eigenvalue weighted by molar-refractivity contribution is -0.156. The molecule has 35 heavy (non-hydrogen) atoms. The summed E-state index contributed by atoms with van der Waals surface area (Å²) >= 11 is 0. The van der Waals surface area contributed by atoms with Crippen LogP contribution in [0.15, 0.2) is 34.5 Å². The summed E-state index contributed by atoms with van der Waals surface area (Å²) in [7, 11) is 0. The maximum atomic E-state index is 14.5. The molecule has 192 valence electrons. The molecule has 0 bridgehead atoms. The first-order chi connectivity index (χ1) is 16.4. The van der Waals surface area contributed by atoms with Crippen molar-refractivity contribution in [1.82, 2.24) is 4.98 Å². The highest BCUT2D eigenvalue weighted by atomic mass is 19.1. The van der Waals surface area contributed by atoms with Crippen molar-refractivity contribution in [3.8, 4) is 0 Å². The molecule has 5 atom stereocenters. The second-order valence-electron chi connectivity index (χ2n) is 9.90. The van der Waals surface area contributed by atoms with E-state index in [0.29, 0.717) is 22.6 Å². The second kappa shape index (κ2) is 11.0. The number of carbonyl (C=O) groups excluding carboxylic acids is 2. The highest BCUT2D eigenvalue weighted by Gasteiger charge is 2.42. The van der Waals surface area contributed by atoms with Gasteiger partial charge in [0.1, 0.15) is 23.2 Å². The van der Waals surface area contributed by atoms with E-state index in [-0.39, 0.29) is 19.6 Å². The monoisotopic (exact) mass is 491 g/mol. The van der Waals surface area contributed by atoms with Crippen molar-refractivity contribution in [3.63, 3.8) is 0 Å². The van der Waals surface area contributed by atoms with Crippen LogP contribution in [0.2, 0.25) is 0 Å². The number of carbonyl (C=O) groups is 2. The van der Waals surface area contributed by atoms with E-state index in [1.54, 1.807) is 39.0 Å². The molecule has 1 aromatic carbocycles. The van der Waals surface area contributed by atoms with E-state index in [4.69, 9.17) is 13.9 Å². The van der Waals surface area contributed by atoms with E-state index in [1.807, 2.05) is 0 Å². The van der Waals surface area contributed by atoms with Crippen LogP contribution in [-0.2, 0) is 19.1 Å². The molecule has 1 aromatic heterocycles. The van der Waals surface area contributed by atoms with E-state index >= 15 is 0 Å². The zero-order valence-electron chi connectivity index (χ0n) is 20.8. The Bertz CT molecular complexity index is 1090. The number of aliphatic hydroxyl groups is 2. The molecule has 9 heteroatoms. The highest BCUT2D eigenvalue weighted by molar-refractivity contribution is 5.88. The van der Waals surface area contributed by atoms with E-state index in [1.165, 1.54) is 19.9 Å². The number of ketones is 1. The lowest BCUT2D eigenvalue weighted by atomic mass is 9.73. The number of nitrogens with zero attached hydrogens (tertiary/aromatic N) is 1. The standard InChI is InChI=1S/C26H34FNO7/c1-14-12-33-13-18(27)7-9-20(17-6-8-21-19(10-17)28-16(3)34-21)35-23(30)11-22(29)26(4,5)25(32)15(2)24(14)31/h6-8,10,14-15,20,22,24,29,31H,9,11-13H2,1-5H3/b18-7+/t14-,15+,20-,22-,24-/m0/s1. The number of fused-ring (bicyclic) bond motifs is 1. The van der Waals surface area contributed by atoms with Gasteiger partial charge in [0.25, 0.3) is 0 Å². The maximum Gasteiger partial charge on any atom is 0.309 e. The summed E-state index contributed by atoms with van der Waals surface area (Å²) in [6.07, 6.45) is -2.38. The largest absolute Gasteiger partial charge is 0.457 e. The Morgan fingerprint density at radius 3 is 2.60 bits per heavy atom. The van der Waals surface area contributed by atoms with Gasteiger partial charge >= 0.3 is 5.97 Å². The number of esters is 1. The number of hydrogen-bond acceptors (Lipinski definition) is 8. The topological polar surface area (TPSA) is 119 Å². The summed E-state index contributed by atoms with van der Waals surface area (Å²) in [4.78, 5) is 30.2. The summed E-state index contributed by atoms with van der Waals surface area (Å²) in [5.41, 5.74) is 0.419. The van der Waals surface area contributed by atoms with E-state index < -0.39 is 59.6 Å². The SMILES string of the molecule is Cc1nc2cc([C@@H]3C/C=C(/F)COC[C@H](C)[C@H](O)[C@@H](C)C(=O)C(C)(C)[C@@H](O)CC(=O)O3)ccc2o1. The Kier molecular flexibility index (Phi) is 8.46. The van der Waals surface area contributed by atoms with Crippen molar-refractivity contribution in [2.24, 2.45) is 17.3 Å². The molecule has 3 rings (SSSR count). The molecule has 0 unspecified atom stereocenters. The zero-order valence-corrected chi connectivity index (χ0v) is 20.8. The van der Waals surface area contributed by atoms with Crippen molar-refractivity contribution in [2.75, 3.05) is 13.2 Å². The summed E-state index contributed by atoms with van der Waals surface area (Å²) < 4.78 is 31.0. The van der Waals surface area contributed by atoms with E-state index in [9.17, 15) is 24.2 Å². The normalized spacial score (nSPS) is 31.1. The predicted octanol–water partition coefficient (Wildman–Crippen LogP) is 3.97. The third-order valence-electron chi connectivity index (χ3n) is 6.68. The molecule has 2 aromatic rings. The molecule has 0 fully saturated rings. The molecule has 8 nitrogen and oxygen atoms in total. The Labute approximate surface area is 204 Å². The fourth-order valence-electron chi connectivity index (χ4n) is 4.27. The number of benzene rings is 1. The number of oxazole rings is 1. The smallest absolute Gasteiger partial charge is 0.309 e. The highest BCUT2D eigenvalue weighted by Crippen LogP contribution is 2.33. The summed E-state index contributed by atoms with van der Waals surface area (Å²) in [5, 5.41) is 21.4. The fourth-order valence-corrected chi connectivity index (χ4v) is 4.27. The molecule has 1 aliphatic heterocycles. The van der Waals surface area contributed by atoms with Gasteiger partial charge in [-0.25, -0.2) is 9.37 Å². The van der Waals surface area contributed by atoms with Gasteiger partial charge in [-0.2, -0.15) is 0 Å². The number of halogens is 1.